The topological polar surface area (TPSA) is 52.6 Å². The lowest BCUT2D eigenvalue weighted by atomic mass is 9.90. The normalized spacial score (nSPS) is 18.6. The average molecular weight is 427 g/mol. The smallest absolute Gasteiger partial charge is 0.322 e. The summed E-state index contributed by atoms with van der Waals surface area (Å²) >= 11 is 13.0. The van der Waals surface area contributed by atoms with E-state index in [0.29, 0.717) is 21.7 Å². The Bertz CT molecular complexity index is 1080. The van der Waals surface area contributed by atoms with E-state index in [1.165, 1.54) is 0 Å². The van der Waals surface area contributed by atoms with Crippen molar-refractivity contribution >= 4 is 35.0 Å². The van der Waals surface area contributed by atoms with Crippen LogP contribution in [0.4, 0.5) is 0 Å². The summed E-state index contributed by atoms with van der Waals surface area (Å²) < 4.78 is 10.5. The van der Waals surface area contributed by atoms with E-state index in [2.05, 4.69) is 0 Å². The molecule has 2 unspecified atom stereocenters. The number of ketones is 1. The largest absolute Gasteiger partial charge is 0.497 e. The fourth-order valence-corrected chi connectivity index (χ4v) is 3.98. The van der Waals surface area contributed by atoms with Crippen molar-refractivity contribution < 1.29 is 19.1 Å². The molecule has 0 N–H and O–H groups in total. The zero-order valence-electron chi connectivity index (χ0n) is 15.4. The summed E-state index contributed by atoms with van der Waals surface area (Å²) in [5, 5.41) is 0.669. The fourth-order valence-electron chi connectivity index (χ4n) is 3.43. The van der Waals surface area contributed by atoms with Crippen LogP contribution in [0.5, 0.6) is 5.75 Å². The Kier molecular flexibility index (Phi) is 5.31. The summed E-state index contributed by atoms with van der Waals surface area (Å²) in [4.78, 5) is 25.4. The number of carbonyl (C=O) groups excluding carboxylic acids is 2. The van der Waals surface area contributed by atoms with Gasteiger partial charge in [-0.2, -0.15) is 0 Å². The number of esters is 1. The van der Waals surface area contributed by atoms with Crippen molar-refractivity contribution in [2.24, 2.45) is 0 Å². The SMILES string of the molecule is COc1ccc(-c2cc(Cl)c(C3C(=O)OC(c4ccccc4)C3=O)cc2Cl)cc1. The molecule has 29 heavy (non-hydrogen) atoms. The quantitative estimate of drug-likeness (QED) is 0.401. The molecule has 6 heteroatoms. The van der Waals surface area contributed by atoms with Gasteiger partial charge in [0.2, 0.25) is 0 Å². The van der Waals surface area contributed by atoms with Gasteiger partial charge in [-0.25, -0.2) is 0 Å². The molecule has 1 saturated heterocycles. The molecule has 3 aromatic rings. The minimum atomic E-state index is -1.10. The molecular weight excluding hydrogens is 411 g/mol. The molecule has 4 nitrogen and oxygen atoms in total. The minimum absolute atomic E-state index is 0.282. The molecule has 0 aromatic heterocycles. The van der Waals surface area contributed by atoms with E-state index >= 15 is 0 Å². The standard InChI is InChI=1S/C23H16Cl2O4/c1-28-15-9-7-13(8-10-15)16-11-19(25)17(12-18(16)24)20-21(26)22(29-23(20)27)14-5-3-2-4-6-14/h2-12,20,22H,1H3. The molecule has 0 spiro atoms. The number of carbonyl (C=O) groups is 2. The number of hydrogen-bond acceptors (Lipinski definition) is 4. The van der Waals surface area contributed by atoms with E-state index < -0.39 is 18.0 Å². The van der Waals surface area contributed by atoms with Crippen LogP contribution >= 0.6 is 23.2 Å². The number of Topliss-reactive ketones (excluding diaryl/α,β-unsaturated/α-hetero) is 1. The van der Waals surface area contributed by atoms with Crippen LogP contribution in [0.25, 0.3) is 11.1 Å². The first-order chi connectivity index (χ1) is 14.0. The van der Waals surface area contributed by atoms with Gasteiger partial charge in [-0.15, -0.1) is 0 Å². The van der Waals surface area contributed by atoms with Gasteiger partial charge in [0.15, 0.2) is 11.9 Å². The van der Waals surface area contributed by atoms with Crippen molar-refractivity contribution in [2.45, 2.75) is 12.0 Å². The summed E-state index contributed by atoms with van der Waals surface area (Å²) in [7, 11) is 1.59. The lowest BCUT2D eigenvalue weighted by molar-refractivity contribution is -0.143. The second kappa shape index (κ2) is 7.90. The Morgan fingerprint density at radius 3 is 2.24 bits per heavy atom. The highest BCUT2D eigenvalue weighted by atomic mass is 35.5. The maximum atomic E-state index is 12.9. The third-order valence-electron chi connectivity index (χ3n) is 4.91. The Balaban J connectivity index is 1.69. The molecule has 1 aliphatic heterocycles. The van der Waals surface area contributed by atoms with Gasteiger partial charge in [0.05, 0.1) is 7.11 Å². The second-order valence-electron chi connectivity index (χ2n) is 6.65. The first kappa shape index (κ1) is 19.5. The zero-order valence-corrected chi connectivity index (χ0v) is 16.9. The summed E-state index contributed by atoms with van der Waals surface area (Å²) in [6.07, 6.45) is -0.940. The number of halogens is 2. The predicted molar refractivity (Wildman–Crippen MR) is 111 cm³/mol. The highest BCUT2D eigenvalue weighted by Gasteiger charge is 2.46. The van der Waals surface area contributed by atoms with Gasteiger partial charge >= 0.3 is 5.97 Å². The Morgan fingerprint density at radius 2 is 1.59 bits per heavy atom. The molecule has 0 aliphatic carbocycles. The zero-order chi connectivity index (χ0) is 20.5. The number of cyclic esters (lactones) is 1. The van der Waals surface area contributed by atoms with Gasteiger partial charge in [0, 0.05) is 21.2 Å². The number of methoxy groups -OCH3 is 1. The van der Waals surface area contributed by atoms with E-state index in [1.807, 2.05) is 30.3 Å². The molecule has 2 atom stereocenters. The third kappa shape index (κ3) is 3.61. The third-order valence-corrected chi connectivity index (χ3v) is 5.55. The molecule has 1 heterocycles. The predicted octanol–water partition coefficient (Wildman–Crippen LogP) is 5.62. The summed E-state index contributed by atoms with van der Waals surface area (Å²) in [5.74, 6) is -1.36. The molecule has 1 aliphatic rings. The van der Waals surface area contributed by atoms with Crippen molar-refractivity contribution in [1.82, 2.24) is 0 Å². The van der Waals surface area contributed by atoms with Crippen LogP contribution in [-0.2, 0) is 14.3 Å². The molecular formula is C23H16Cl2O4. The Hall–Kier alpha value is -2.82. The van der Waals surface area contributed by atoms with Crippen molar-refractivity contribution in [3.8, 4) is 16.9 Å². The molecule has 4 rings (SSSR count). The highest BCUT2D eigenvalue weighted by Crippen LogP contribution is 2.42. The van der Waals surface area contributed by atoms with Crippen LogP contribution in [0, 0.1) is 0 Å². The minimum Gasteiger partial charge on any atom is -0.497 e. The summed E-state index contributed by atoms with van der Waals surface area (Å²) in [5.41, 5.74) is 2.51. The maximum absolute atomic E-state index is 12.9. The Labute approximate surface area is 178 Å². The number of ether oxygens (including phenoxy) is 2. The van der Waals surface area contributed by atoms with Crippen molar-refractivity contribution in [2.75, 3.05) is 7.11 Å². The molecule has 146 valence electrons. The number of rotatable bonds is 4. The fraction of sp³-hybridized carbons (Fsp3) is 0.130. The lowest BCUT2D eigenvalue weighted by Crippen LogP contribution is -2.15. The molecule has 0 saturated carbocycles. The average Bonchev–Trinajstić information content (AvgIpc) is 3.04. The first-order valence-electron chi connectivity index (χ1n) is 8.92. The van der Waals surface area contributed by atoms with Gasteiger partial charge in [-0.3, -0.25) is 9.59 Å². The number of hydrogen-bond donors (Lipinski definition) is 0. The first-order valence-corrected chi connectivity index (χ1v) is 9.67. The van der Waals surface area contributed by atoms with Gasteiger partial charge in [-0.05, 0) is 35.4 Å². The van der Waals surface area contributed by atoms with Crippen LogP contribution < -0.4 is 4.74 Å². The molecule has 0 bridgehead atoms. The summed E-state index contributed by atoms with van der Waals surface area (Å²) in [6, 6.07) is 19.5. The van der Waals surface area contributed by atoms with Crippen LogP contribution in [-0.4, -0.2) is 18.9 Å². The van der Waals surface area contributed by atoms with Gasteiger partial charge in [-0.1, -0.05) is 65.7 Å². The Morgan fingerprint density at radius 1 is 0.897 bits per heavy atom. The highest BCUT2D eigenvalue weighted by molar-refractivity contribution is 6.36. The molecule has 3 aromatic carbocycles. The van der Waals surface area contributed by atoms with Crippen LogP contribution in [0.3, 0.4) is 0 Å². The maximum Gasteiger partial charge on any atom is 0.322 e. The summed E-state index contributed by atoms with van der Waals surface area (Å²) in [6.45, 7) is 0. The van der Waals surface area contributed by atoms with E-state index in [9.17, 15) is 9.59 Å². The van der Waals surface area contributed by atoms with E-state index in [1.54, 1.807) is 43.5 Å². The van der Waals surface area contributed by atoms with Crippen LogP contribution in [0.1, 0.15) is 23.1 Å². The van der Waals surface area contributed by atoms with Crippen molar-refractivity contribution in [3.63, 3.8) is 0 Å². The van der Waals surface area contributed by atoms with E-state index in [4.69, 9.17) is 32.7 Å². The van der Waals surface area contributed by atoms with E-state index in [-0.39, 0.29) is 10.8 Å². The van der Waals surface area contributed by atoms with E-state index in [0.717, 1.165) is 11.3 Å². The van der Waals surface area contributed by atoms with Gasteiger partial charge < -0.3 is 9.47 Å². The lowest BCUT2D eigenvalue weighted by Gasteiger charge is -2.13. The second-order valence-corrected chi connectivity index (χ2v) is 7.46. The van der Waals surface area contributed by atoms with Crippen molar-refractivity contribution in [3.05, 3.63) is 87.9 Å². The van der Waals surface area contributed by atoms with Crippen LogP contribution in [0.2, 0.25) is 10.0 Å². The molecule has 0 amide bonds. The van der Waals surface area contributed by atoms with Gasteiger partial charge in [0.1, 0.15) is 11.7 Å². The monoisotopic (exact) mass is 426 g/mol. The van der Waals surface area contributed by atoms with Crippen LogP contribution in [0.15, 0.2) is 66.7 Å². The van der Waals surface area contributed by atoms with Crippen molar-refractivity contribution in [1.29, 1.82) is 0 Å². The number of benzene rings is 3. The molecule has 0 radical (unpaired) electrons. The molecule has 1 fully saturated rings. The van der Waals surface area contributed by atoms with Gasteiger partial charge in [0.25, 0.3) is 0 Å².